The van der Waals surface area contributed by atoms with Gasteiger partial charge in [0.1, 0.15) is 11.7 Å². The fourth-order valence-corrected chi connectivity index (χ4v) is 3.30. The third kappa shape index (κ3) is 2.31. The molecule has 2 bridgehead atoms. The highest BCUT2D eigenvalue weighted by Gasteiger charge is 2.52. The minimum absolute atomic E-state index is 0.0114. The Labute approximate surface area is 116 Å². The summed E-state index contributed by atoms with van der Waals surface area (Å²) in [5, 5.41) is 12.6. The van der Waals surface area contributed by atoms with Crippen molar-refractivity contribution >= 4 is 5.97 Å². The molecule has 0 aromatic heterocycles. The molecular formula is C15H18FNO3. The molecule has 0 aliphatic carbocycles. The van der Waals surface area contributed by atoms with Gasteiger partial charge in [0, 0.05) is 12.6 Å². The number of hydrogen-bond acceptors (Lipinski definition) is 3. The lowest BCUT2D eigenvalue weighted by Crippen LogP contribution is -2.46. The van der Waals surface area contributed by atoms with Gasteiger partial charge < -0.3 is 15.2 Å². The summed E-state index contributed by atoms with van der Waals surface area (Å²) in [7, 11) is 0. The molecule has 1 aromatic rings. The molecule has 2 aliphatic heterocycles. The van der Waals surface area contributed by atoms with Gasteiger partial charge in [-0.05, 0) is 37.0 Å². The molecule has 2 aliphatic rings. The van der Waals surface area contributed by atoms with Crippen LogP contribution in [0.1, 0.15) is 24.0 Å². The van der Waals surface area contributed by atoms with Gasteiger partial charge in [-0.25, -0.2) is 4.39 Å². The SMILES string of the molecule is Cc1cc(CNC2C3CCC(O3)C2C(=O)O)ccc1F. The average Bonchev–Trinajstić information content (AvgIpc) is 3.00. The van der Waals surface area contributed by atoms with Crippen LogP contribution in [0.4, 0.5) is 4.39 Å². The zero-order valence-corrected chi connectivity index (χ0v) is 11.3. The third-order valence-corrected chi connectivity index (χ3v) is 4.32. The van der Waals surface area contributed by atoms with Gasteiger partial charge >= 0.3 is 5.97 Å². The van der Waals surface area contributed by atoms with Crippen molar-refractivity contribution in [3.05, 3.63) is 35.1 Å². The second-order valence-corrected chi connectivity index (χ2v) is 5.64. The number of benzene rings is 1. The van der Waals surface area contributed by atoms with E-state index < -0.39 is 11.9 Å². The predicted octanol–water partition coefficient (Wildman–Crippen LogP) is 1.85. The first kappa shape index (κ1) is 13.5. The number of ether oxygens (including phenoxy) is 1. The fraction of sp³-hybridized carbons (Fsp3) is 0.533. The standard InChI is InChI=1S/C15H18FNO3/c1-8-6-9(2-3-10(8)16)7-17-14-12-5-4-11(20-12)13(14)15(18)19/h2-3,6,11-14,17H,4-5,7H2,1H3,(H,18,19). The lowest BCUT2D eigenvalue weighted by Gasteiger charge is -2.26. The number of halogens is 1. The highest BCUT2D eigenvalue weighted by atomic mass is 19.1. The summed E-state index contributed by atoms with van der Waals surface area (Å²) >= 11 is 0. The molecule has 20 heavy (non-hydrogen) atoms. The largest absolute Gasteiger partial charge is 0.481 e. The van der Waals surface area contributed by atoms with Gasteiger partial charge in [0.25, 0.3) is 0 Å². The molecule has 2 N–H and O–H groups in total. The van der Waals surface area contributed by atoms with Crippen LogP contribution in [0.2, 0.25) is 0 Å². The molecule has 4 atom stereocenters. The highest BCUT2D eigenvalue weighted by molar-refractivity contribution is 5.72. The molecule has 2 heterocycles. The molecule has 5 heteroatoms. The zero-order chi connectivity index (χ0) is 14.3. The van der Waals surface area contributed by atoms with Crippen molar-refractivity contribution in [2.24, 2.45) is 5.92 Å². The van der Waals surface area contributed by atoms with E-state index in [2.05, 4.69) is 5.32 Å². The Balaban J connectivity index is 1.68. The first-order valence-electron chi connectivity index (χ1n) is 6.93. The van der Waals surface area contributed by atoms with Gasteiger partial charge in [0.05, 0.1) is 12.2 Å². The van der Waals surface area contributed by atoms with Crippen LogP contribution in [-0.2, 0) is 16.1 Å². The number of aryl methyl sites for hydroxylation is 1. The maximum absolute atomic E-state index is 13.2. The Hall–Kier alpha value is -1.46. The number of carboxylic acid groups (broad SMARTS) is 1. The van der Waals surface area contributed by atoms with Crippen molar-refractivity contribution in [3.8, 4) is 0 Å². The number of fused-ring (bicyclic) bond motifs is 2. The monoisotopic (exact) mass is 279 g/mol. The van der Waals surface area contributed by atoms with Crippen LogP contribution >= 0.6 is 0 Å². The van der Waals surface area contributed by atoms with Crippen molar-refractivity contribution in [2.45, 2.75) is 44.6 Å². The second kappa shape index (κ2) is 5.14. The number of rotatable bonds is 4. The van der Waals surface area contributed by atoms with Crippen LogP contribution in [0.15, 0.2) is 18.2 Å². The van der Waals surface area contributed by atoms with E-state index in [0.717, 1.165) is 18.4 Å². The molecule has 2 fully saturated rings. The van der Waals surface area contributed by atoms with E-state index >= 15 is 0 Å². The summed E-state index contributed by atoms with van der Waals surface area (Å²) in [6.45, 7) is 2.25. The van der Waals surface area contributed by atoms with Crippen LogP contribution < -0.4 is 5.32 Å². The van der Waals surface area contributed by atoms with Crippen molar-refractivity contribution in [2.75, 3.05) is 0 Å². The first-order valence-corrected chi connectivity index (χ1v) is 6.93. The second-order valence-electron chi connectivity index (χ2n) is 5.64. The minimum atomic E-state index is -0.801. The van der Waals surface area contributed by atoms with Crippen LogP contribution in [0.5, 0.6) is 0 Å². The Kier molecular flexibility index (Phi) is 3.48. The summed E-state index contributed by atoms with van der Waals surface area (Å²) in [5.74, 6) is -1.50. The van der Waals surface area contributed by atoms with E-state index in [1.807, 2.05) is 0 Å². The molecule has 0 saturated carbocycles. The molecule has 1 aromatic carbocycles. The number of hydrogen-bond donors (Lipinski definition) is 2. The predicted molar refractivity (Wildman–Crippen MR) is 70.8 cm³/mol. The molecule has 3 rings (SSSR count). The number of aliphatic carboxylic acids is 1. The van der Waals surface area contributed by atoms with Gasteiger partial charge in [-0.3, -0.25) is 4.79 Å². The number of carbonyl (C=O) groups is 1. The van der Waals surface area contributed by atoms with Gasteiger partial charge in [-0.15, -0.1) is 0 Å². The number of carboxylic acids is 1. The fourth-order valence-electron chi connectivity index (χ4n) is 3.30. The lowest BCUT2D eigenvalue weighted by molar-refractivity contribution is -0.144. The summed E-state index contributed by atoms with van der Waals surface area (Å²) < 4.78 is 18.9. The van der Waals surface area contributed by atoms with Crippen LogP contribution in [0.3, 0.4) is 0 Å². The summed E-state index contributed by atoms with van der Waals surface area (Å²) in [6.07, 6.45) is 1.57. The molecular weight excluding hydrogens is 261 g/mol. The molecule has 108 valence electrons. The summed E-state index contributed by atoms with van der Waals surface area (Å²) in [6, 6.07) is 4.79. The van der Waals surface area contributed by atoms with Crippen LogP contribution in [-0.4, -0.2) is 29.3 Å². The molecule has 4 nitrogen and oxygen atoms in total. The van der Waals surface area contributed by atoms with Crippen molar-refractivity contribution in [1.82, 2.24) is 5.32 Å². The first-order chi connectivity index (χ1) is 9.56. The lowest BCUT2D eigenvalue weighted by atomic mass is 9.84. The van der Waals surface area contributed by atoms with Gasteiger partial charge in [-0.1, -0.05) is 12.1 Å². The Morgan fingerprint density at radius 3 is 2.90 bits per heavy atom. The maximum atomic E-state index is 13.2. The van der Waals surface area contributed by atoms with E-state index in [1.54, 1.807) is 19.1 Å². The number of nitrogens with one attached hydrogen (secondary N) is 1. The molecule has 4 unspecified atom stereocenters. The van der Waals surface area contributed by atoms with Crippen molar-refractivity contribution in [1.29, 1.82) is 0 Å². The Bertz CT molecular complexity index is 534. The van der Waals surface area contributed by atoms with Crippen molar-refractivity contribution in [3.63, 3.8) is 0 Å². The Morgan fingerprint density at radius 1 is 1.45 bits per heavy atom. The van der Waals surface area contributed by atoms with Crippen LogP contribution in [0, 0.1) is 18.7 Å². The van der Waals surface area contributed by atoms with Gasteiger partial charge in [0.2, 0.25) is 0 Å². The molecule has 2 saturated heterocycles. The summed E-state index contributed by atoms with van der Waals surface area (Å²) in [4.78, 5) is 11.3. The Morgan fingerprint density at radius 2 is 2.20 bits per heavy atom. The maximum Gasteiger partial charge on any atom is 0.310 e. The summed E-state index contributed by atoms with van der Waals surface area (Å²) in [5.41, 5.74) is 1.55. The molecule has 0 amide bonds. The quantitative estimate of drug-likeness (QED) is 0.883. The molecule has 0 spiro atoms. The molecule has 0 radical (unpaired) electrons. The van der Waals surface area contributed by atoms with Gasteiger partial charge in [0.15, 0.2) is 0 Å². The van der Waals surface area contributed by atoms with E-state index in [9.17, 15) is 14.3 Å². The average molecular weight is 279 g/mol. The highest BCUT2D eigenvalue weighted by Crippen LogP contribution is 2.39. The van der Waals surface area contributed by atoms with Crippen molar-refractivity contribution < 1.29 is 19.0 Å². The zero-order valence-electron chi connectivity index (χ0n) is 11.3. The van der Waals surface area contributed by atoms with E-state index in [4.69, 9.17) is 4.74 Å². The smallest absolute Gasteiger partial charge is 0.310 e. The van der Waals surface area contributed by atoms with Gasteiger partial charge in [-0.2, -0.15) is 0 Å². The third-order valence-electron chi connectivity index (χ3n) is 4.32. The normalized spacial score (nSPS) is 31.7. The van der Waals surface area contributed by atoms with E-state index in [-0.39, 0.29) is 24.1 Å². The van der Waals surface area contributed by atoms with E-state index in [1.165, 1.54) is 6.07 Å². The minimum Gasteiger partial charge on any atom is -0.481 e. The van der Waals surface area contributed by atoms with Crippen LogP contribution in [0.25, 0.3) is 0 Å². The van der Waals surface area contributed by atoms with E-state index in [0.29, 0.717) is 12.1 Å². The topological polar surface area (TPSA) is 58.6 Å².